The Morgan fingerprint density at radius 3 is 1.82 bits per heavy atom. The van der Waals surface area contributed by atoms with E-state index in [9.17, 15) is 39.5 Å². The standard InChI is InChI=1S/C35H29F11O3/c1-2-3-20-4-5-24-17-23(7-6-22(24)16-20)21-8-10-25(11-9-21)32(38,39)47-27-14-12-26(13-15-27)33(40,41)48-28-18-29(36)31(30(37)19-28)34(42,43)49-35(44,45)46/h4-7,12-19,21,25H,2-3,8-11H2,1H3. The molecule has 0 spiro atoms. The van der Waals surface area contributed by atoms with Gasteiger partial charge in [0, 0.05) is 12.1 Å². The van der Waals surface area contributed by atoms with Crippen molar-refractivity contribution in [1.29, 1.82) is 0 Å². The van der Waals surface area contributed by atoms with E-state index in [2.05, 4.69) is 40.7 Å². The van der Waals surface area contributed by atoms with Crippen LogP contribution in [0, 0.1) is 17.6 Å². The molecular weight excluding hydrogens is 677 g/mol. The molecule has 0 heterocycles. The molecule has 0 aromatic heterocycles. The summed E-state index contributed by atoms with van der Waals surface area (Å²) >= 11 is 0. The number of aryl methyl sites for hydroxylation is 1. The summed E-state index contributed by atoms with van der Waals surface area (Å²) in [6, 6.07) is 14.9. The summed E-state index contributed by atoms with van der Waals surface area (Å²) in [5.74, 6) is -7.62. The van der Waals surface area contributed by atoms with Crippen LogP contribution in [0.25, 0.3) is 10.8 Å². The highest BCUT2D eigenvalue weighted by Crippen LogP contribution is 2.45. The minimum absolute atomic E-state index is 0.0798. The molecule has 4 aromatic rings. The average Bonchev–Trinajstić information content (AvgIpc) is 2.99. The van der Waals surface area contributed by atoms with Gasteiger partial charge in [-0.1, -0.05) is 49.7 Å². The lowest BCUT2D eigenvalue weighted by molar-refractivity contribution is -0.432. The largest absolute Gasteiger partial charge is 0.527 e. The van der Waals surface area contributed by atoms with Crippen molar-refractivity contribution >= 4 is 10.8 Å². The molecule has 1 aliphatic carbocycles. The van der Waals surface area contributed by atoms with Crippen LogP contribution in [0.3, 0.4) is 0 Å². The average molecular weight is 707 g/mol. The lowest BCUT2D eigenvalue weighted by atomic mass is 9.78. The predicted molar refractivity (Wildman–Crippen MR) is 157 cm³/mol. The first kappa shape index (κ1) is 36.2. The van der Waals surface area contributed by atoms with Crippen molar-refractivity contribution in [3.05, 3.63) is 107 Å². The molecule has 0 atom stereocenters. The van der Waals surface area contributed by atoms with Crippen molar-refractivity contribution in [2.75, 3.05) is 0 Å². The van der Waals surface area contributed by atoms with Crippen LogP contribution in [0.5, 0.6) is 11.5 Å². The molecule has 1 fully saturated rings. The van der Waals surface area contributed by atoms with Crippen LogP contribution < -0.4 is 9.47 Å². The van der Waals surface area contributed by atoms with Crippen molar-refractivity contribution < 1.29 is 62.5 Å². The third kappa shape index (κ3) is 8.57. The summed E-state index contributed by atoms with van der Waals surface area (Å²) < 4.78 is 164. The number of hydrogen-bond acceptors (Lipinski definition) is 3. The van der Waals surface area contributed by atoms with Gasteiger partial charge in [-0.25, -0.2) is 13.5 Å². The Hall–Kier alpha value is -4.07. The molecule has 4 aromatic carbocycles. The van der Waals surface area contributed by atoms with Gasteiger partial charge >= 0.3 is 24.7 Å². The maximum absolute atomic E-state index is 15.1. The molecule has 1 saturated carbocycles. The van der Waals surface area contributed by atoms with E-state index in [1.54, 1.807) is 0 Å². The van der Waals surface area contributed by atoms with Gasteiger partial charge in [0.2, 0.25) is 0 Å². The topological polar surface area (TPSA) is 27.7 Å². The molecule has 0 saturated heterocycles. The SMILES string of the molecule is CCCc1ccc2cc(C3CCC(C(F)(F)Oc4ccc(C(F)(F)Oc5cc(F)c(C(F)(F)OC(F)(F)F)c(F)c5)cc4)CC3)ccc2c1. The summed E-state index contributed by atoms with van der Waals surface area (Å²) in [4.78, 5) is 0. The summed E-state index contributed by atoms with van der Waals surface area (Å²) in [6.07, 6.45) is -16.3. The molecule has 0 bridgehead atoms. The minimum atomic E-state index is -5.98. The second kappa shape index (κ2) is 13.7. The summed E-state index contributed by atoms with van der Waals surface area (Å²) in [7, 11) is 0. The Labute approximate surface area is 273 Å². The van der Waals surface area contributed by atoms with Gasteiger partial charge in [-0.15, -0.1) is 13.2 Å². The molecule has 264 valence electrons. The Bertz CT molecular complexity index is 1740. The van der Waals surface area contributed by atoms with Crippen LogP contribution in [0.4, 0.5) is 48.3 Å². The first-order valence-electron chi connectivity index (χ1n) is 15.3. The molecule has 14 heteroatoms. The number of ether oxygens (including phenoxy) is 3. The maximum atomic E-state index is 15.1. The molecule has 0 N–H and O–H groups in total. The van der Waals surface area contributed by atoms with Gasteiger partial charge in [-0.3, -0.25) is 0 Å². The van der Waals surface area contributed by atoms with Crippen molar-refractivity contribution in [2.24, 2.45) is 5.92 Å². The molecule has 5 rings (SSSR count). The molecular formula is C35H29F11O3. The van der Waals surface area contributed by atoms with Crippen LogP contribution in [0.2, 0.25) is 0 Å². The van der Waals surface area contributed by atoms with E-state index in [1.165, 1.54) is 5.56 Å². The van der Waals surface area contributed by atoms with E-state index in [0.29, 0.717) is 25.0 Å². The smallest absolute Gasteiger partial charge is 0.432 e. The summed E-state index contributed by atoms with van der Waals surface area (Å²) in [5, 5.41) is 2.19. The Morgan fingerprint density at radius 2 is 1.22 bits per heavy atom. The molecule has 49 heavy (non-hydrogen) atoms. The minimum Gasteiger partial charge on any atom is -0.432 e. The van der Waals surface area contributed by atoms with Crippen LogP contribution in [-0.4, -0.2) is 12.5 Å². The van der Waals surface area contributed by atoms with E-state index >= 15 is 8.78 Å². The fraction of sp³-hybridized carbons (Fsp3) is 0.371. The molecule has 0 unspecified atom stereocenters. The summed E-state index contributed by atoms with van der Waals surface area (Å²) in [5.41, 5.74) is -1.17. The highest BCUT2D eigenvalue weighted by molar-refractivity contribution is 5.84. The molecule has 3 nitrogen and oxygen atoms in total. The van der Waals surface area contributed by atoms with Crippen molar-refractivity contribution in [3.8, 4) is 11.5 Å². The van der Waals surface area contributed by atoms with Crippen molar-refractivity contribution in [2.45, 2.75) is 76.1 Å². The zero-order valence-corrected chi connectivity index (χ0v) is 25.7. The molecule has 0 radical (unpaired) electrons. The predicted octanol–water partition coefficient (Wildman–Crippen LogP) is 11.7. The van der Waals surface area contributed by atoms with Gasteiger partial charge in [0.25, 0.3) is 0 Å². The molecule has 1 aliphatic rings. The molecule has 0 aliphatic heterocycles. The third-order valence-electron chi connectivity index (χ3n) is 8.38. The van der Waals surface area contributed by atoms with Gasteiger partial charge in [-0.2, -0.15) is 26.3 Å². The normalized spacial score (nSPS) is 17.7. The van der Waals surface area contributed by atoms with Crippen molar-refractivity contribution in [3.63, 3.8) is 0 Å². The Morgan fingerprint density at radius 1 is 0.633 bits per heavy atom. The summed E-state index contributed by atoms with van der Waals surface area (Å²) in [6.45, 7) is 2.11. The fourth-order valence-electron chi connectivity index (χ4n) is 6.02. The van der Waals surface area contributed by atoms with Crippen LogP contribution >= 0.6 is 0 Å². The van der Waals surface area contributed by atoms with E-state index in [4.69, 9.17) is 4.74 Å². The van der Waals surface area contributed by atoms with E-state index < -0.39 is 64.9 Å². The van der Waals surface area contributed by atoms with E-state index in [1.807, 2.05) is 12.1 Å². The van der Waals surface area contributed by atoms with E-state index in [-0.39, 0.29) is 30.9 Å². The lowest BCUT2D eigenvalue weighted by Gasteiger charge is -2.33. The first-order valence-corrected chi connectivity index (χ1v) is 15.3. The number of hydrogen-bond donors (Lipinski definition) is 0. The van der Waals surface area contributed by atoms with Crippen LogP contribution in [0.1, 0.15) is 67.2 Å². The number of benzene rings is 4. The fourth-order valence-corrected chi connectivity index (χ4v) is 6.02. The first-order chi connectivity index (χ1) is 22.9. The zero-order chi connectivity index (χ0) is 35.8. The lowest BCUT2D eigenvalue weighted by Crippen LogP contribution is -2.37. The van der Waals surface area contributed by atoms with Gasteiger partial charge < -0.3 is 9.47 Å². The number of halogens is 11. The van der Waals surface area contributed by atoms with Gasteiger partial charge in [0.1, 0.15) is 28.7 Å². The van der Waals surface area contributed by atoms with Crippen LogP contribution in [-0.2, 0) is 23.4 Å². The second-order valence-electron chi connectivity index (χ2n) is 11.9. The Kier molecular flexibility index (Phi) is 10.1. The molecule has 0 amide bonds. The van der Waals surface area contributed by atoms with E-state index in [0.717, 1.165) is 41.3 Å². The number of rotatable bonds is 11. The van der Waals surface area contributed by atoms with Gasteiger partial charge in [0.15, 0.2) is 0 Å². The van der Waals surface area contributed by atoms with Crippen molar-refractivity contribution in [1.82, 2.24) is 0 Å². The number of fused-ring (bicyclic) bond motifs is 1. The quantitative estimate of drug-likeness (QED) is 0.145. The van der Waals surface area contributed by atoms with Gasteiger partial charge in [-0.05, 0) is 84.2 Å². The maximum Gasteiger partial charge on any atom is 0.527 e. The number of alkyl halides is 9. The zero-order valence-electron chi connectivity index (χ0n) is 25.7. The highest BCUT2D eigenvalue weighted by Gasteiger charge is 2.50. The highest BCUT2D eigenvalue weighted by atomic mass is 19.4. The third-order valence-corrected chi connectivity index (χ3v) is 8.38. The second-order valence-corrected chi connectivity index (χ2v) is 11.9. The van der Waals surface area contributed by atoms with Crippen LogP contribution in [0.15, 0.2) is 72.8 Å². The van der Waals surface area contributed by atoms with Gasteiger partial charge in [0.05, 0.1) is 11.5 Å². The monoisotopic (exact) mass is 706 g/mol. The Balaban J connectivity index is 1.20.